The van der Waals surface area contributed by atoms with Crippen LogP contribution in [0.1, 0.15) is 72.0 Å². The van der Waals surface area contributed by atoms with E-state index >= 15 is 0 Å². The van der Waals surface area contributed by atoms with Crippen molar-refractivity contribution in [3.63, 3.8) is 0 Å². The van der Waals surface area contributed by atoms with Crippen LogP contribution in [0.25, 0.3) is 0 Å². The highest BCUT2D eigenvalue weighted by molar-refractivity contribution is 6.10. The lowest BCUT2D eigenvalue weighted by molar-refractivity contribution is -0.0228. The molecule has 2 aromatic rings. The molecule has 0 spiro atoms. The zero-order chi connectivity index (χ0) is 20.3. The average molecular weight is 392 g/mol. The van der Waals surface area contributed by atoms with Gasteiger partial charge in [0, 0.05) is 16.7 Å². The maximum Gasteiger partial charge on any atom is 0.193 e. The van der Waals surface area contributed by atoms with Crippen LogP contribution in [0, 0.1) is 17.3 Å². The number of aliphatic hydroxyl groups excluding tert-OH is 1. The summed E-state index contributed by atoms with van der Waals surface area (Å²) in [6.45, 7) is 2.23. The van der Waals surface area contributed by atoms with Crippen molar-refractivity contribution in [3.05, 3.63) is 58.7 Å². The van der Waals surface area contributed by atoms with E-state index in [2.05, 4.69) is 6.92 Å². The summed E-state index contributed by atoms with van der Waals surface area (Å²) in [6.07, 6.45) is 5.07. The number of ketones is 1. The van der Waals surface area contributed by atoms with E-state index in [1.807, 2.05) is 18.2 Å². The van der Waals surface area contributed by atoms with Gasteiger partial charge in [0.15, 0.2) is 17.3 Å². The molecule has 0 saturated heterocycles. The minimum Gasteiger partial charge on any atom is -0.504 e. The normalized spacial score (nSPS) is 32.9. The van der Waals surface area contributed by atoms with E-state index in [0.717, 1.165) is 43.2 Å². The molecule has 3 aliphatic rings. The molecule has 2 fully saturated rings. The lowest BCUT2D eigenvalue weighted by atomic mass is 9.54. The van der Waals surface area contributed by atoms with Gasteiger partial charge in [-0.1, -0.05) is 37.3 Å². The van der Waals surface area contributed by atoms with Gasteiger partial charge in [-0.25, -0.2) is 0 Å². The van der Waals surface area contributed by atoms with Crippen LogP contribution >= 0.6 is 0 Å². The summed E-state index contributed by atoms with van der Waals surface area (Å²) in [4.78, 5) is 13.4. The number of benzene rings is 2. The molecule has 5 atom stereocenters. The molecule has 3 N–H and O–H groups in total. The Labute approximate surface area is 171 Å². The van der Waals surface area contributed by atoms with Gasteiger partial charge in [-0.05, 0) is 73.3 Å². The number of rotatable bonds is 2. The van der Waals surface area contributed by atoms with Crippen molar-refractivity contribution < 1.29 is 20.1 Å². The first-order valence-electron chi connectivity index (χ1n) is 10.8. The number of aromatic hydroxyl groups is 2. The molecule has 4 heteroatoms. The van der Waals surface area contributed by atoms with Crippen molar-refractivity contribution in [1.82, 2.24) is 0 Å². The largest absolute Gasteiger partial charge is 0.504 e. The molecule has 0 radical (unpaired) electrons. The van der Waals surface area contributed by atoms with Crippen LogP contribution in [0.15, 0.2) is 36.4 Å². The van der Waals surface area contributed by atoms with Crippen LogP contribution < -0.4 is 0 Å². The molecule has 4 nitrogen and oxygen atoms in total. The number of carbonyl (C=O) groups is 1. The maximum absolute atomic E-state index is 13.4. The van der Waals surface area contributed by atoms with Crippen LogP contribution in [-0.4, -0.2) is 27.2 Å². The monoisotopic (exact) mass is 392 g/mol. The van der Waals surface area contributed by atoms with Crippen LogP contribution in [-0.2, 0) is 6.42 Å². The summed E-state index contributed by atoms with van der Waals surface area (Å²) >= 11 is 0. The van der Waals surface area contributed by atoms with E-state index in [1.54, 1.807) is 12.1 Å². The first-order valence-corrected chi connectivity index (χ1v) is 10.8. The molecule has 5 rings (SSSR count). The third-order valence-electron chi connectivity index (χ3n) is 8.19. The third kappa shape index (κ3) is 2.65. The lowest BCUT2D eigenvalue weighted by Crippen LogP contribution is -2.44. The Kier molecular flexibility index (Phi) is 4.25. The second-order valence-corrected chi connectivity index (χ2v) is 9.43. The topological polar surface area (TPSA) is 77.8 Å². The summed E-state index contributed by atoms with van der Waals surface area (Å²) in [5.74, 6) is 0.667. The van der Waals surface area contributed by atoms with Crippen LogP contribution in [0.4, 0.5) is 0 Å². The smallest absolute Gasteiger partial charge is 0.193 e. The van der Waals surface area contributed by atoms with Crippen LogP contribution in [0.2, 0.25) is 0 Å². The fraction of sp³-hybridized carbons (Fsp3) is 0.480. The molecule has 0 amide bonds. The van der Waals surface area contributed by atoms with Crippen molar-refractivity contribution in [2.24, 2.45) is 17.3 Å². The Hall–Kier alpha value is -2.33. The number of aliphatic hydroxyl groups is 1. The first kappa shape index (κ1) is 18.7. The van der Waals surface area contributed by atoms with Gasteiger partial charge in [0.25, 0.3) is 0 Å². The minimum atomic E-state index is -0.242. The van der Waals surface area contributed by atoms with E-state index < -0.39 is 0 Å². The molecule has 0 bridgehead atoms. The van der Waals surface area contributed by atoms with E-state index in [-0.39, 0.29) is 34.7 Å². The van der Waals surface area contributed by atoms with Gasteiger partial charge in [-0.2, -0.15) is 0 Å². The number of fused-ring (bicyclic) bond motifs is 5. The van der Waals surface area contributed by atoms with Crippen molar-refractivity contribution in [2.45, 2.75) is 57.5 Å². The standard InChI is InChI=1S/C25H28O4/c1-25-12-11-16-15(19(25)9-10-21(25)27)7-8-17-22(16)18(13-20(26)24(17)29)23(28)14-5-3-2-4-6-14/h2-6,13,15-16,19,21,26-27,29H,7-12H2,1H3/t15-,16+,19+,21+,25+/m1/s1. The predicted molar refractivity (Wildman–Crippen MR) is 110 cm³/mol. The summed E-state index contributed by atoms with van der Waals surface area (Å²) < 4.78 is 0. The predicted octanol–water partition coefficient (Wildman–Crippen LogP) is 4.55. The first-order chi connectivity index (χ1) is 13.9. The highest BCUT2D eigenvalue weighted by Crippen LogP contribution is 2.62. The highest BCUT2D eigenvalue weighted by Gasteiger charge is 2.55. The second-order valence-electron chi connectivity index (χ2n) is 9.43. The maximum atomic E-state index is 13.4. The molecule has 2 saturated carbocycles. The van der Waals surface area contributed by atoms with E-state index in [1.165, 1.54) is 6.07 Å². The van der Waals surface area contributed by atoms with E-state index in [9.17, 15) is 20.1 Å². The van der Waals surface area contributed by atoms with Crippen molar-refractivity contribution >= 4 is 5.78 Å². The molecule has 29 heavy (non-hydrogen) atoms. The minimum absolute atomic E-state index is 0.0404. The number of phenols is 2. The fourth-order valence-electron chi connectivity index (χ4n) is 6.67. The summed E-state index contributed by atoms with van der Waals surface area (Å²) in [5, 5.41) is 31.5. The molecule has 2 aromatic carbocycles. The zero-order valence-corrected chi connectivity index (χ0v) is 16.8. The average Bonchev–Trinajstić information content (AvgIpc) is 3.05. The van der Waals surface area contributed by atoms with Gasteiger partial charge in [-0.3, -0.25) is 4.79 Å². The molecule has 0 heterocycles. The van der Waals surface area contributed by atoms with Gasteiger partial charge >= 0.3 is 0 Å². The molecule has 152 valence electrons. The van der Waals surface area contributed by atoms with Crippen LogP contribution in [0.3, 0.4) is 0 Å². The van der Waals surface area contributed by atoms with Gasteiger partial charge in [0.05, 0.1) is 6.10 Å². The van der Waals surface area contributed by atoms with Crippen molar-refractivity contribution in [1.29, 1.82) is 0 Å². The Bertz CT molecular complexity index is 967. The van der Waals surface area contributed by atoms with E-state index in [4.69, 9.17) is 0 Å². The second kappa shape index (κ2) is 6.60. The number of phenolic OH excluding ortho intramolecular Hbond substituents is 2. The zero-order valence-electron chi connectivity index (χ0n) is 16.8. The quantitative estimate of drug-likeness (QED) is 0.518. The van der Waals surface area contributed by atoms with Gasteiger partial charge in [0.1, 0.15) is 0 Å². The number of hydrogen-bond donors (Lipinski definition) is 3. The Morgan fingerprint density at radius 2 is 1.83 bits per heavy atom. The Morgan fingerprint density at radius 1 is 1.07 bits per heavy atom. The van der Waals surface area contributed by atoms with Crippen LogP contribution in [0.5, 0.6) is 11.5 Å². The highest BCUT2D eigenvalue weighted by atomic mass is 16.3. The summed E-state index contributed by atoms with van der Waals surface area (Å²) in [6, 6.07) is 10.6. The van der Waals surface area contributed by atoms with Gasteiger partial charge in [0.2, 0.25) is 0 Å². The van der Waals surface area contributed by atoms with Gasteiger partial charge < -0.3 is 15.3 Å². The Balaban J connectivity index is 1.63. The van der Waals surface area contributed by atoms with Crippen molar-refractivity contribution in [3.8, 4) is 11.5 Å². The van der Waals surface area contributed by atoms with Gasteiger partial charge in [-0.15, -0.1) is 0 Å². The molecule has 0 aromatic heterocycles. The Morgan fingerprint density at radius 3 is 2.59 bits per heavy atom. The number of carbonyl (C=O) groups excluding carboxylic acids is 1. The van der Waals surface area contributed by atoms with Crippen molar-refractivity contribution in [2.75, 3.05) is 0 Å². The molecule has 0 unspecified atom stereocenters. The molecular formula is C25H28O4. The molecular weight excluding hydrogens is 364 g/mol. The fourth-order valence-corrected chi connectivity index (χ4v) is 6.67. The third-order valence-corrected chi connectivity index (χ3v) is 8.19. The number of hydrogen-bond acceptors (Lipinski definition) is 4. The summed E-state index contributed by atoms with van der Waals surface area (Å²) in [5.41, 5.74) is 2.76. The molecule has 0 aliphatic heterocycles. The SMILES string of the molecule is C[C@]12CC[C@@H]3c4c(C(=O)c5ccccc5)cc(O)c(O)c4CC[C@H]3[C@@H]1CC[C@@H]2O. The van der Waals surface area contributed by atoms with E-state index in [0.29, 0.717) is 29.4 Å². The summed E-state index contributed by atoms with van der Waals surface area (Å²) in [7, 11) is 0. The lowest BCUT2D eigenvalue weighted by Gasteiger charge is -2.50. The molecule has 3 aliphatic carbocycles.